The minimum Gasteiger partial charge on any atom is -0.468 e. The molecular weight excluding hydrogens is 410 g/mol. The van der Waals surface area contributed by atoms with Crippen LogP contribution >= 0.6 is 43.2 Å². The van der Waals surface area contributed by atoms with Crippen molar-refractivity contribution < 1.29 is 17.9 Å². The molecule has 18 heavy (non-hydrogen) atoms. The Balaban J connectivity index is 2.74. The highest BCUT2D eigenvalue weighted by Crippen LogP contribution is 2.30. The Hall–Kier alpha value is 0.0400. The van der Waals surface area contributed by atoms with Gasteiger partial charge in [0, 0.05) is 6.54 Å². The summed E-state index contributed by atoms with van der Waals surface area (Å²) in [5, 5.41) is 0. The summed E-state index contributed by atoms with van der Waals surface area (Å²) in [6.45, 7) is 1.74. The third-order valence-corrected chi connectivity index (χ3v) is 6.74. The SMILES string of the molecule is COC(=O)C(Br)CNS(=O)(=O)c1cc(C)c(Br)s1. The van der Waals surface area contributed by atoms with Crippen LogP contribution in [0.3, 0.4) is 0 Å². The molecule has 1 N–H and O–H groups in total. The van der Waals surface area contributed by atoms with Gasteiger partial charge in [-0.2, -0.15) is 0 Å². The van der Waals surface area contributed by atoms with E-state index in [1.807, 2.05) is 0 Å². The average molecular weight is 421 g/mol. The molecule has 0 aliphatic heterocycles. The number of halogens is 2. The lowest BCUT2D eigenvalue weighted by molar-refractivity contribution is -0.139. The van der Waals surface area contributed by atoms with Gasteiger partial charge in [-0.25, -0.2) is 13.1 Å². The lowest BCUT2D eigenvalue weighted by Gasteiger charge is -2.08. The Kier molecular flexibility index (Phi) is 5.78. The molecule has 1 aromatic heterocycles. The van der Waals surface area contributed by atoms with E-state index in [0.717, 1.165) is 20.7 Å². The molecule has 9 heteroatoms. The summed E-state index contributed by atoms with van der Waals surface area (Å²) in [4.78, 5) is 10.4. The van der Waals surface area contributed by atoms with E-state index in [9.17, 15) is 13.2 Å². The summed E-state index contributed by atoms with van der Waals surface area (Å²) in [5.41, 5.74) is 0.851. The third kappa shape index (κ3) is 4.02. The molecule has 0 aliphatic rings. The maximum absolute atomic E-state index is 11.9. The zero-order valence-corrected chi connectivity index (χ0v) is 14.4. The fraction of sp³-hybridized carbons (Fsp3) is 0.444. The maximum atomic E-state index is 11.9. The Morgan fingerprint density at radius 2 is 2.22 bits per heavy atom. The second kappa shape index (κ2) is 6.47. The van der Waals surface area contributed by atoms with Crippen molar-refractivity contribution in [3.8, 4) is 0 Å². The molecule has 0 fully saturated rings. The van der Waals surface area contributed by atoms with Crippen LogP contribution < -0.4 is 4.72 Å². The van der Waals surface area contributed by atoms with Gasteiger partial charge in [0.2, 0.25) is 10.0 Å². The van der Waals surface area contributed by atoms with Crippen molar-refractivity contribution in [2.45, 2.75) is 16.0 Å². The quantitative estimate of drug-likeness (QED) is 0.584. The van der Waals surface area contributed by atoms with Crippen molar-refractivity contribution >= 4 is 59.2 Å². The lowest BCUT2D eigenvalue weighted by atomic mass is 10.4. The van der Waals surface area contributed by atoms with Crippen LogP contribution in [-0.2, 0) is 19.6 Å². The van der Waals surface area contributed by atoms with E-state index in [0.29, 0.717) is 0 Å². The molecule has 1 heterocycles. The number of alkyl halides is 1. The van der Waals surface area contributed by atoms with Crippen LogP contribution in [0.25, 0.3) is 0 Å². The van der Waals surface area contributed by atoms with Gasteiger partial charge in [0.15, 0.2) is 0 Å². The smallest absolute Gasteiger partial charge is 0.320 e. The molecule has 0 radical (unpaired) electrons. The standard InChI is InChI=1S/C9H11Br2NO4S2/c1-5-3-7(17-8(5)11)18(14,15)12-4-6(10)9(13)16-2/h3,6,12H,4H2,1-2H3. The fourth-order valence-electron chi connectivity index (χ4n) is 1.03. The van der Waals surface area contributed by atoms with Crippen molar-refractivity contribution in [3.05, 3.63) is 15.4 Å². The molecule has 0 saturated heterocycles. The van der Waals surface area contributed by atoms with Gasteiger partial charge in [0.1, 0.15) is 9.04 Å². The number of hydrogen-bond donors (Lipinski definition) is 1. The van der Waals surface area contributed by atoms with Gasteiger partial charge in [-0.3, -0.25) is 4.79 Å². The van der Waals surface area contributed by atoms with Gasteiger partial charge >= 0.3 is 5.97 Å². The molecule has 0 aromatic carbocycles. The Bertz CT molecular complexity index is 521. The number of carbonyl (C=O) groups is 1. The van der Waals surface area contributed by atoms with Gasteiger partial charge in [0.05, 0.1) is 10.9 Å². The molecule has 0 amide bonds. The Morgan fingerprint density at radius 1 is 1.61 bits per heavy atom. The summed E-state index contributed by atoms with van der Waals surface area (Å²) in [7, 11) is -2.36. The summed E-state index contributed by atoms with van der Waals surface area (Å²) in [6.07, 6.45) is 0. The number of carbonyl (C=O) groups excluding carboxylic acids is 1. The van der Waals surface area contributed by atoms with Gasteiger partial charge < -0.3 is 4.74 Å². The van der Waals surface area contributed by atoms with Crippen molar-refractivity contribution in [1.82, 2.24) is 4.72 Å². The number of nitrogens with one attached hydrogen (secondary N) is 1. The van der Waals surface area contributed by atoms with Gasteiger partial charge in [-0.05, 0) is 34.5 Å². The summed E-state index contributed by atoms with van der Waals surface area (Å²) >= 11 is 7.43. The number of hydrogen-bond acceptors (Lipinski definition) is 5. The number of thiophene rings is 1. The molecule has 0 aliphatic carbocycles. The first-order chi connectivity index (χ1) is 8.27. The molecule has 0 spiro atoms. The number of aryl methyl sites for hydroxylation is 1. The lowest BCUT2D eigenvalue weighted by Crippen LogP contribution is -2.33. The highest BCUT2D eigenvalue weighted by molar-refractivity contribution is 9.11. The Labute approximate surface area is 126 Å². The van der Waals surface area contributed by atoms with E-state index < -0.39 is 20.8 Å². The van der Waals surface area contributed by atoms with E-state index in [-0.39, 0.29) is 10.8 Å². The highest BCUT2D eigenvalue weighted by atomic mass is 79.9. The van der Waals surface area contributed by atoms with Crippen molar-refractivity contribution in [3.63, 3.8) is 0 Å². The maximum Gasteiger partial charge on any atom is 0.320 e. The van der Waals surface area contributed by atoms with Gasteiger partial charge in [0.25, 0.3) is 0 Å². The Morgan fingerprint density at radius 3 is 2.67 bits per heavy atom. The predicted octanol–water partition coefficient (Wildman–Crippen LogP) is 2.03. The van der Waals surface area contributed by atoms with E-state index in [1.165, 1.54) is 7.11 Å². The zero-order valence-electron chi connectivity index (χ0n) is 9.57. The normalized spacial score (nSPS) is 13.3. The molecule has 1 unspecified atom stereocenters. The van der Waals surface area contributed by atoms with Crippen LogP contribution in [0.15, 0.2) is 14.1 Å². The van der Waals surface area contributed by atoms with E-state index in [4.69, 9.17) is 0 Å². The predicted molar refractivity (Wildman–Crippen MR) is 76.7 cm³/mol. The summed E-state index contributed by atoms with van der Waals surface area (Å²) in [5.74, 6) is -0.527. The molecule has 1 rings (SSSR count). The number of esters is 1. The molecule has 1 atom stereocenters. The van der Waals surface area contributed by atoms with E-state index in [1.54, 1.807) is 13.0 Å². The first-order valence-corrected chi connectivity index (χ1v) is 8.76. The molecule has 0 saturated carbocycles. The molecule has 1 aromatic rings. The number of rotatable bonds is 5. The second-order valence-corrected chi connectivity index (χ2v) is 8.83. The molecule has 102 valence electrons. The van der Waals surface area contributed by atoms with E-state index in [2.05, 4.69) is 41.3 Å². The van der Waals surface area contributed by atoms with Crippen LogP contribution in [0.4, 0.5) is 0 Å². The van der Waals surface area contributed by atoms with Crippen molar-refractivity contribution in [1.29, 1.82) is 0 Å². The van der Waals surface area contributed by atoms with Crippen molar-refractivity contribution in [2.75, 3.05) is 13.7 Å². The van der Waals surface area contributed by atoms with E-state index >= 15 is 0 Å². The van der Waals surface area contributed by atoms with Gasteiger partial charge in [-0.1, -0.05) is 15.9 Å². The average Bonchev–Trinajstić information content (AvgIpc) is 2.66. The van der Waals surface area contributed by atoms with Crippen LogP contribution in [0.1, 0.15) is 5.56 Å². The summed E-state index contributed by atoms with van der Waals surface area (Å²) < 4.78 is 31.6. The number of sulfonamides is 1. The van der Waals surface area contributed by atoms with Crippen molar-refractivity contribution in [2.24, 2.45) is 0 Å². The minimum absolute atomic E-state index is 0.0659. The topological polar surface area (TPSA) is 72.5 Å². The second-order valence-electron chi connectivity index (χ2n) is 3.36. The molecule has 0 bridgehead atoms. The molecule has 5 nitrogen and oxygen atoms in total. The van der Waals surface area contributed by atoms with Crippen LogP contribution in [0, 0.1) is 6.92 Å². The molecular formula is C9H11Br2NO4S2. The largest absolute Gasteiger partial charge is 0.468 e. The van der Waals surface area contributed by atoms with Crippen LogP contribution in [0.5, 0.6) is 0 Å². The van der Waals surface area contributed by atoms with Crippen LogP contribution in [-0.4, -0.2) is 32.9 Å². The zero-order chi connectivity index (χ0) is 13.9. The van der Waals surface area contributed by atoms with Crippen LogP contribution in [0.2, 0.25) is 0 Å². The fourth-order valence-corrected chi connectivity index (χ4v) is 4.91. The highest BCUT2D eigenvalue weighted by Gasteiger charge is 2.22. The minimum atomic E-state index is -3.60. The third-order valence-electron chi connectivity index (χ3n) is 2.01. The number of methoxy groups -OCH3 is 1. The number of ether oxygens (including phenoxy) is 1. The monoisotopic (exact) mass is 419 g/mol. The summed E-state index contributed by atoms with van der Waals surface area (Å²) in [6, 6.07) is 1.57. The first kappa shape index (κ1) is 16.1. The van der Waals surface area contributed by atoms with Gasteiger partial charge in [-0.15, -0.1) is 11.3 Å². The first-order valence-electron chi connectivity index (χ1n) is 4.75.